The first-order chi connectivity index (χ1) is 15.9. The minimum atomic E-state index is -0.261. The number of nitrogens with zero attached hydrogens (tertiary/aromatic N) is 5. The number of furan rings is 1. The average Bonchev–Trinajstić information content (AvgIpc) is 3.58. The molecule has 0 saturated carbocycles. The molecule has 0 atom stereocenters. The van der Waals surface area contributed by atoms with E-state index >= 15 is 0 Å². The molecule has 0 N–H and O–H groups in total. The maximum atomic E-state index is 13.0. The number of aromatic nitrogens is 4. The summed E-state index contributed by atoms with van der Waals surface area (Å²) in [6.07, 6.45) is 5.41. The van der Waals surface area contributed by atoms with Crippen molar-refractivity contribution in [3.8, 4) is 11.5 Å². The zero-order chi connectivity index (χ0) is 23.0. The maximum Gasteiger partial charge on any atom is 0.289 e. The number of hydrogen-bond donors (Lipinski definition) is 0. The molecular formula is C24H25N5O4. The highest BCUT2D eigenvalue weighted by molar-refractivity contribution is 5.91. The van der Waals surface area contributed by atoms with Crippen LogP contribution in [0.25, 0.3) is 11.5 Å². The van der Waals surface area contributed by atoms with Crippen LogP contribution >= 0.6 is 0 Å². The van der Waals surface area contributed by atoms with Crippen molar-refractivity contribution >= 4 is 5.91 Å². The van der Waals surface area contributed by atoms with Crippen LogP contribution in [0, 0.1) is 13.8 Å². The van der Waals surface area contributed by atoms with Crippen molar-refractivity contribution in [2.24, 2.45) is 0 Å². The van der Waals surface area contributed by atoms with Gasteiger partial charge in [-0.1, -0.05) is 17.2 Å². The van der Waals surface area contributed by atoms with Gasteiger partial charge in [0, 0.05) is 48.4 Å². The van der Waals surface area contributed by atoms with Gasteiger partial charge < -0.3 is 18.4 Å². The van der Waals surface area contributed by atoms with Gasteiger partial charge in [0.25, 0.3) is 11.8 Å². The molecule has 33 heavy (non-hydrogen) atoms. The van der Waals surface area contributed by atoms with Crippen molar-refractivity contribution in [2.45, 2.75) is 45.4 Å². The Kier molecular flexibility index (Phi) is 5.32. The number of hydrogen-bond acceptors (Lipinski definition) is 8. The molecule has 0 aliphatic carbocycles. The highest BCUT2D eigenvalue weighted by Crippen LogP contribution is 2.35. The van der Waals surface area contributed by atoms with E-state index in [1.165, 1.54) is 0 Å². The van der Waals surface area contributed by atoms with Crippen molar-refractivity contribution < 1.29 is 18.3 Å². The van der Waals surface area contributed by atoms with Gasteiger partial charge in [-0.2, -0.15) is 4.98 Å². The van der Waals surface area contributed by atoms with Crippen molar-refractivity contribution in [3.63, 3.8) is 0 Å². The van der Waals surface area contributed by atoms with Gasteiger partial charge in [0.15, 0.2) is 11.6 Å². The SMILES string of the molecule is Cc1noc(C)c1Cc1ccc(C(=O)N2CCC(C)(c3noc(-c4ccncc4)n3)CC2)o1. The van der Waals surface area contributed by atoms with Crippen LogP contribution in [0.3, 0.4) is 0 Å². The number of carbonyl (C=O) groups is 1. The second-order valence-electron chi connectivity index (χ2n) is 8.76. The van der Waals surface area contributed by atoms with Gasteiger partial charge in [0.1, 0.15) is 11.5 Å². The molecule has 0 aromatic carbocycles. The Morgan fingerprint density at radius 3 is 2.52 bits per heavy atom. The molecule has 4 aromatic rings. The van der Waals surface area contributed by atoms with Gasteiger partial charge in [-0.05, 0) is 51.0 Å². The summed E-state index contributed by atoms with van der Waals surface area (Å²) in [6, 6.07) is 7.26. The van der Waals surface area contributed by atoms with Crippen molar-refractivity contribution in [2.75, 3.05) is 13.1 Å². The monoisotopic (exact) mass is 447 g/mol. The van der Waals surface area contributed by atoms with E-state index in [4.69, 9.17) is 13.5 Å². The third kappa shape index (κ3) is 4.06. The second kappa shape index (κ2) is 8.31. The summed E-state index contributed by atoms with van der Waals surface area (Å²) >= 11 is 0. The molecule has 4 aromatic heterocycles. The Labute approximate surface area is 190 Å². The van der Waals surface area contributed by atoms with E-state index in [-0.39, 0.29) is 11.3 Å². The number of amides is 1. The zero-order valence-corrected chi connectivity index (χ0v) is 18.9. The lowest BCUT2D eigenvalue weighted by atomic mass is 9.79. The quantitative estimate of drug-likeness (QED) is 0.449. The Bertz CT molecular complexity index is 1250. The van der Waals surface area contributed by atoms with Gasteiger partial charge in [0.05, 0.1) is 5.69 Å². The van der Waals surface area contributed by atoms with E-state index in [0.717, 1.165) is 35.4 Å². The van der Waals surface area contributed by atoms with Crippen LogP contribution in [-0.2, 0) is 11.8 Å². The first-order valence-corrected chi connectivity index (χ1v) is 11.0. The van der Waals surface area contributed by atoms with Crippen LogP contribution in [0.5, 0.6) is 0 Å². The smallest absolute Gasteiger partial charge is 0.289 e. The first-order valence-electron chi connectivity index (χ1n) is 11.0. The van der Waals surface area contributed by atoms with Gasteiger partial charge in [-0.15, -0.1) is 0 Å². The lowest BCUT2D eigenvalue weighted by molar-refractivity contribution is 0.0636. The fraction of sp³-hybridized carbons (Fsp3) is 0.375. The number of pyridine rings is 1. The second-order valence-corrected chi connectivity index (χ2v) is 8.76. The highest BCUT2D eigenvalue weighted by atomic mass is 16.5. The van der Waals surface area contributed by atoms with Crippen molar-refractivity contribution in [3.05, 3.63) is 71.0 Å². The van der Waals surface area contributed by atoms with Crippen LogP contribution in [0.1, 0.15) is 58.9 Å². The fourth-order valence-electron chi connectivity index (χ4n) is 4.18. The molecule has 5 rings (SSSR count). The molecule has 170 valence electrons. The molecule has 1 aliphatic rings. The average molecular weight is 447 g/mol. The molecule has 1 saturated heterocycles. The zero-order valence-electron chi connectivity index (χ0n) is 18.9. The summed E-state index contributed by atoms with van der Waals surface area (Å²) in [7, 11) is 0. The maximum absolute atomic E-state index is 13.0. The summed E-state index contributed by atoms with van der Waals surface area (Å²) in [4.78, 5) is 23.5. The first kappa shape index (κ1) is 21.1. The molecule has 1 amide bonds. The fourth-order valence-corrected chi connectivity index (χ4v) is 4.18. The minimum absolute atomic E-state index is 0.104. The number of rotatable bonds is 5. The van der Waals surface area contributed by atoms with Crippen LogP contribution in [0.2, 0.25) is 0 Å². The molecule has 9 nitrogen and oxygen atoms in total. The molecule has 5 heterocycles. The summed E-state index contributed by atoms with van der Waals surface area (Å²) < 4.78 is 16.6. The van der Waals surface area contributed by atoms with Crippen molar-refractivity contribution in [1.29, 1.82) is 0 Å². The van der Waals surface area contributed by atoms with Crippen molar-refractivity contribution in [1.82, 2.24) is 25.2 Å². The largest absolute Gasteiger partial charge is 0.456 e. The Hall–Kier alpha value is -3.75. The van der Waals surface area contributed by atoms with E-state index in [9.17, 15) is 4.79 Å². The molecule has 0 spiro atoms. The summed E-state index contributed by atoms with van der Waals surface area (Å²) in [5.74, 6) is 2.87. The predicted molar refractivity (Wildman–Crippen MR) is 118 cm³/mol. The predicted octanol–water partition coefficient (Wildman–Crippen LogP) is 4.11. The van der Waals surface area contributed by atoms with Crippen LogP contribution in [0.15, 0.2) is 50.1 Å². The topological polar surface area (TPSA) is 111 Å². The van der Waals surface area contributed by atoms with Gasteiger partial charge >= 0.3 is 0 Å². The molecule has 1 aliphatic heterocycles. The highest BCUT2D eigenvalue weighted by Gasteiger charge is 2.38. The molecule has 1 fully saturated rings. The van der Waals surface area contributed by atoms with E-state index < -0.39 is 0 Å². The van der Waals surface area contributed by atoms with Crippen LogP contribution in [0.4, 0.5) is 0 Å². The van der Waals surface area contributed by atoms with Crippen LogP contribution in [-0.4, -0.2) is 44.2 Å². The summed E-state index contributed by atoms with van der Waals surface area (Å²) in [5, 5.41) is 8.20. The lowest BCUT2D eigenvalue weighted by Crippen LogP contribution is -2.44. The Morgan fingerprint density at radius 1 is 1.06 bits per heavy atom. The Morgan fingerprint density at radius 2 is 1.82 bits per heavy atom. The molecule has 0 radical (unpaired) electrons. The normalized spacial score (nSPS) is 15.7. The third-order valence-corrected chi connectivity index (χ3v) is 6.45. The molecular weight excluding hydrogens is 422 g/mol. The summed E-state index contributed by atoms with van der Waals surface area (Å²) in [6.45, 7) is 7.07. The lowest BCUT2D eigenvalue weighted by Gasteiger charge is -2.36. The molecule has 9 heteroatoms. The van der Waals surface area contributed by atoms with Gasteiger partial charge in [-0.25, -0.2) is 0 Å². The van der Waals surface area contributed by atoms with E-state index in [1.807, 2.05) is 36.9 Å². The van der Waals surface area contributed by atoms with E-state index in [1.54, 1.807) is 18.5 Å². The molecule has 0 bridgehead atoms. The van der Waals surface area contributed by atoms with E-state index in [0.29, 0.717) is 42.7 Å². The summed E-state index contributed by atoms with van der Waals surface area (Å²) in [5.41, 5.74) is 2.40. The minimum Gasteiger partial charge on any atom is -0.456 e. The number of likely N-dealkylation sites (tertiary alicyclic amines) is 1. The third-order valence-electron chi connectivity index (χ3n) is 6.45. The number of carbonyl (C=O) groups excluding carboxylic acids is 1. The van der Waals surface area contributed by atoms with Crippen LogP contribution < -0.4 is 0 Å². The van der Waals surface area contributed by atoms with Gasteiger partial charge in [-0.3, -0.25) is 9.78 Å². The standard InChI is InChI=1S/C24H25N5O4/c1-15-19(16(2)32-27-15)14-18-4-5-20(31-18)22(30)29-12-8-24(3,9-13-29)23-26-21(33-28-23)17-6-10-25-11-7-17/h4-7,10-11H,8-9,12-14H2,1-3H3. The molecule has 0 unspecified atom stereocenters. The number of aryl methyl sites for hydroxylation is 2. The number of piperidine rings is 1. The van der Waals surface area contributed by atoms with E-state index in [2.05, 4.69) is 27.2 Å². The van der Waals surface area contributed by atoms with Gasteiger partial charge in [0.2, 0.25) is 0 Å². The Balaban J connectivity index is 1.24.